The van der Waals surface area contributed by atoms with E-state index in [-0.39, 0.29) is 0 Å². The lowest BCUT2D eigenvalue weighted by Crippen LogP contribution is -1.97. The fraction of sp³-hybridized carbons (Fsp3) is 0.765. The zero-order valence-electron chi connectivity index (χ0n) is 13.2. The number of hydrogen-bond acceptors (Lipinski definition) is 2. The average molecular weight is 275 g/mol. The molecular formula is C17H29N3. The predicted molar refractivity (Wildman–Crippen MR) is 83.5 cm³/mol. The molecule has 0 spiro atoms. The first kappa shape index (κ1) is 16.8. The van der Waals surface area contributed by atoms with Gasteiger partial charge in [-0.1, -0.05) is 65.2 Å². The lowest BCUT2D eigenvalue weighted by Gasteiger charge is -2.02. The molecule has 0 atom stereocenters. The molecule has 112 valence electrons. The van der Waals surface area contributed by atoms with E-state index in [2.05, 4.69) is 25.0 Å². The monoisotopic (exact) mass is 275 g/mol. The number of hydrogen-bond donors (Lipinski definition) is 0. The summed E-state index contributed by atoms with van der Waals surface area (Å²) in [4.78, 5) is 4.51. The molecule has 0 aliphatic rings. The molecule has 0 radical (unpaired) electrons. The summed E-state index contributed by atoms with van der Waals surface area (Å²) in [5, 5.41) is 9.04. The molecule has 0 saturated carbocycles. The van der Waals surface area contributed by atoms with Gasteiger partial charge in [-0.15, -0.1) is 0 Å². The summed E-state index contributed by atoms with van der Waals surface area (Å²) in [5.41, 5.74) is 1.03. The lowest BCUT2D eigenvalue weighted by atomic mass is 10.1. The summed E-state index contributed by atoms with van der Waals surface area (Å²) < 4.78 is 1.63. The van der Waals surface area contributed by atoms with Crippen LogP contribution in [-0.2, 0) is 12.8 Å². The van der Waals surface area contributed by atoms with E-state index in [1.54, 1.807) is 4.57 Å². The summed E-state index contributed by atoms with van der Waals surface area (Å²) in [6.45, 7) is 4.33. The lowest BCUT2D eigenvalue weighted by molar-refractivity contribution is 0.561. The van der Waals surface area contributed by atoms with Gasteiger partial charge in [0.05, 0.1) is 5.69 Å². The zero-order valence-corrected chi connectivity index (χ0v) is 13.2. The number of imidazole rings is 1. The van der Waals surface area contributed by atoms with Crippen LogP contribution in [0.5, 0.6) is 0 Å². The van der Waals surface area contributed by atoms with Crippen molar-refractivity contribution in [1.82, 2.24) is 9.55 Å². The first-order chi connectivity index (χ1) is 9.81. The number of aromatic nitrogens is 2. The van der Waals surface area contributed by atoms with Crippen molar-refractivity contribution < 1.29 is 0 Å². The Morgan fingerprint density at radius 2 is 1.60 bits per heavy atom. The number of nitriles is 1. The molecule has 1 aromatic heterocycles. The van der Waals surface area contributed by atoms with Crippen molar-refractivity contribution in [1.29, 1.82) is 5.26 Å². The highest BCUT2D eigenvalue weighted by Crippen LogP contribution is 2.12. The minimum Gasteiger partial charge on any atom is -0.240 e. The average Bonchev–Trinajstić information content (AvgIpc) is 2.88. The molecule has 20 heavy (non-hydrogen) atoms. The third-order valence-corrected chi connectivity index (χ3v) is 3.80. The largest absolute Gasteiger partial charge is 0.240 e. The van der Waals surface area contributed by atoms with Gasteiger partial charge in [-0.05, 0) is 12.8 Å². The quantitative estimate of drug-likeness (QED) is 0.542. The SMILES string of the molecule is CCCCCCCCCCCc1nc(CC)cn1C#N. The highest BCUT2D eigenvalue weighted by molar-refractivity contribution is 5.09. The molecule has 0 N–H and O–H groups in total. The van der Waals surface area contributed by atoms with Crippen LogP contribution in [0.15, 0.2) is 6.20 Å². The van der Waals surface area contributed by atoms with E-state index in [1.165, 1.54) is 51.4 Å². The normalized spacial score (nSPS) is 10.7. The molecule has 3 heteroatoms. The number of nitrogens with zero attached hydrogens (tertiary/aromatic N) is 3. The molecule has 3 nitrogen and oxygen atoms in total. The summed E-state index contributed by atoms with van der Waals surface area (Å²) in [6.07, 6.45) is 17.9. The van der Waals surface area contributed by atoms with E-state index in [0.717, 1.165) is 30.8 Å². The highest BCUT2D eigenvalue weighted by atomic mass is 15.1. The van der Waals surface area contributed by atoms with Crippen molar-refractivity contribution in [3.8, 4) is 6.19 Å². The summed E-state index contributed by atoms with van der Waals surface area (Å²) in [7, 11) is 0. The van der Waals surface area contributed by atoms with Gasteiger partial charge in [-0.25, -0.2) is 9.55 Å². The second-order valence-electron chi connectivity index (χ2n) is 5.55. The van der Waals surface area contributed by atoms with E-state index >= 15 is 0 Å². The van der Waals surface area contributed by atoms with Gasteiger partial charge in [-0.3, -0.25) is 0 Å². The van der Waals surface area contributed by atoms with Crippen LogP contribution in [0, 0.1) is 11.5 Å². The highest BCUT2D eigenvalue weighted by Gasteiger charge is 2.05. The van der Waals surface area contributed by atoms with Crippen LogP contribution in [-0.4, -0.2) is 9.55 Å². The molecule has 0 aliphatic heterocycles. The van der Waals surface area contributed by atoms with Crippen LogP contribution in [0.25, 0.3) is 0 Å². The Labute approximate surface area is 124 Å². The Morgan fingerprint density at radius 1 is 1.00 bits per heavy atom. The molecule has 0 fully saturated rings. The van der Waals surface area contributed by atoms with Crippen molar-refractivity contribution in [2.45, 2.75) is 84.5 Å². The van der Waals surface area contributed by atoms with Crippen molar-refractivity contribution >= 4 is 0 Å². The molecule has 1 heterocycles. The van der Waals surface area contributed by atoms with E-state index in [9.17, 15) is 0 Å². The maximum absolute atomic E-state index is 9.04. The van der Waals surface area contributed by atoms with Gasteiger partial charge in [0.1, 0.15) is 5.82 Å². The predicted octanol–water partition coefficient (Wildman–Crippen LogP) is 4.85. The molecular weight excluding hydrogens is 246 g/mol. The van der Waals surface area contributed by atoms with Gasteiger partial charge in [0.15, 0.2) is 6.19 Å². The van der Waals surface area contributed by atoms with Crippen LogP contribution in [0.3, 0.4) is 0 Å². The van der Waals surface area contributed by atoms with Gasteiger partial charge in [0.25, 0.3) is 0 Å². The Hall–Kier alpha value is -1.30. The van der Waals surface area contributed by atoms with Crippen LogP contribution in [0.2, 0.25) is 0 Å². The minimum atomic E-state index is 0.902. The fourth-order valence-corrected chi connectivity index (χ4v) is 2.50. The molecule has 0 bridgehead atoms. The fourth-order valence-electron chi connectivity index (χ4n) is 2.50. The zero-order chi connectivity index (χ0) is 14.6. The molecule has 0 amide bonds. The Bertz CT molecular complexity index is 401. The van der Waals surface area contributed by atoms with Gasteiger partial charge >= 0.3 is 0 Å². The second kappa shape index (κ2) is 10.5. The summed E-state index contributed by atoms with van der Waals surface area (Å²) in [5.74, 6) is 0.937. The second-order valence-corrected chi connectivity index (χ2v) is 5.55. The Kier molecular flexibility index (Phi) is 8.78. The Balaban J connectivity index is 2.09. The molecule has 1 aromatic rings. The molecule has 0 aromatic carbocycles. The minimum absolute atomic E-state index is 0.902. The van der Waals surface area contributed by atoms with Crippen molar-refractivity contribution in [2.24, 2.45) is 0 Å². The summed E-state index contributed by atoms with van der Waals surface area (Å²) in [6, 6.07) is 0. The van der Waals surface area contributed by atoms with Gasteiger partial charge in [0.2, 0.25) is 0 Å². The molecule has 0 unspecified atom stereocenters. The molecule has 0 aliphatic carbocycles. The first-order valence-electron chi connectivity index (χ1n) is 8.29. The van der Waals surface area contributed by atoms with Crippen LogP contribution < -0.4 is 0 Å². The molecule has 1 rings (SSSR count). The standard InChI is InChI=1S/C17H29N3/c1-3-5-6-7-8-9-10-11-12-13-17-19-16(4-2)14-20(17)15-18/h14H,3-13H2,1-2H3. The van der Waals surface area contributed by atoms with Gasteiger partial charge in [0, 0.05) is 12.6 Å². The number of aryl methyl sites for hydroxylation is 2. The smallest absolute Gasteiger partial charge is 0.189 e. The van der Waals surface area contributed by atoms with Crippen LogP contribution >= 0.6 is 0 Å². The maximum Gasteiger partial charge on any atom is 0.189 e. The third kappa shape index (κ3) is 6.23. The van der Waals surface area contributed by atoms with E-state index in [0.29, 0.717) is 0 Å². The summed E-state index contributed by atoms with van der Waals surface area (Å²) >= 11 is 0. The van der Waals surface area contributed by atoms with Gasteiger partial charge in [-0.2, -0.15) is 5.26 Å². The first-order valence-corrected chi connectivity index (χ1v) is 8.29. The van der Waals surface area contributed by atoms with E-state index in [4.69, 9.17) is 5.26 Å². The van der Waals surface area contributed by atoms with E-state index in [1.807, 2.05) is 6.20 Å². The topological polar surface area (TPSA) is 41.6 Å². The third-order valence-electron chi connectivity index (χ3n) is 3.80. The van der Waals surface area contributed by atoms with Crippen molar-refractivity contribution in [2.75, 3.05) is 0 Å². The van der Waals surface area contributed by atoms with Crippen LogP contribution in [0.1, 0.15) is 83.2 Å². The number of rotatable bonds is 11. The van der Waals surface area contributed by atoms with Crippen molar-refractivity contribution in [3.05, 3.63) is 17.7 Å². The van der Waals surface area contributed by atoms with Gasteiger partial charge < -0.3 is 0 Å². The Morgan fingerprint density at radius 3 is 2.15 bits per heavy atom. The number of unbranched alkanes of at least 4 members (excludes halogenated alkanes) is 8. The molecule has 0 saturated heterocycles. The van der Waals surface area contributed by atoms with Crippen molar-refractivity contribution in [3.63, 3.8) is 0 Å². The van der Waals surface area contributed by atoms with Crippen LogP contribution in [0.4, 0.5) is 0 Å². The van der Waals surface area contributed by atoms with E-state index < -0.39 is 0 Å². The maximum atomic E-state index is 9.04.